The van der Waals surface area contributed by atoms with Gasteiger partial charge in [-0.05, 0) is 29.8 Å². The first-order chi connectivity index (χ1) is 15.5. The van der Waals surface area contributed by atoms with E-state index in [1.54, 1.807) is 44.4 Å². The Morgan fingerprint density at radius 3 is 2.22 bits per heavy atom. The smallest absolute Gasteiger partial charge is 0.349 e. The molecule has 32 heavy (non-hydrogen) atoms. The van der Waals surface area contributed by atoms with Crippen molar-refractivity contribution >= 4 is 16.9 Å². The number of carbonyl (C=O) groups excluding carboxylic acids is 1. The minimum atomic E-state index is -0.603. The number of benzene rings is 2. The Morgan fingerprint density at radius 2 is 1.59 bits per heavy atom. The van der Waals surface area contributed by atoms with Crippen molar-refractivity contribution in [2.24, 2.45) is 0 Å². The van der Waals surface area contributed by atoms with E-state index in [9.17, 15) is 9.59 Å². The van der Waals surface area contributed by atoms with Gasteiger partial charge in [0.25, 0.3) is 5.91 Å². The van der Waals surface area contributed by atoms with Crippen LogP contribution in [0, 0.1) is 0 Å². The van der Waals surface area contributed by atoms with Crippen LogP contribution < -0.4 is 19.8 Å². The third-order valence-corrected chi connectivity index (χ3v) is 5.66. The molecule has 2 aromatic carbocycles. The minimum Gasteiger partial charge on any atom is -0.493 e. The second kappa shape index (κ2) is 9.32. The third kappa shape index (κ3) is 4.27. The maximum absolute atomic E-state index is 13.0. The minimum absolute atomic E-state index is 0.0711. The highest BCUT2D eigenvalue weighted by Gasteiger charge is 2.25. The summed E-state index contributed by atoms with van der Waals surface area (Å²) in [4.78, 5) is 29.2. The molecule has 0 saturated carbocycles. The van der Waals surface area contributed by atoms with Gasteiger partial charge in [0, 0.05) is 38.1 Å². The zero-order valence-corrected chi connectivity index (χ0v) is 18.4. The zero-order chi connectivity index (χ0) is 22.7. The largest absolute Gasteiger partial charge is 0.493 e. The zero-order valence-electron chi connectivity index (χ0n) is 18.4. The average Bonchev–Trinajstić information content (AvgIpc) is 2.83. The van der Waals surface area contributed by atoms with Gasteiger partial charge in [0.15, 0.2) is 11.5 Å². The Kier molecular flexibility index (Phi) is 6.32. The number of hydrogen-bond acceptors (Lipinski definition) is 7. The predicted molar refractivity (Wildman–Crippen MR) is 120 cm³/mol. The van der Waals surface area contributed by atoms with Gasteiger partial charge in [0.05, 0.1) is 21.3 Å². The van der Waals surface area contributed by atoms with E-state index in [1.165, 1.54) is 0 Å². The number of para-hydroxylation sites is 1. The van der Waals surface area contributed by atoms with Crippen molar-refractivity contribution in [1.82, 2.24) is 9.80 Å². The van der Waals surface area contributed by atoms with E-state index in [-0.39, 0.29) is 11.5 Å². The molecular weight excluding hydrogens is 412 g/mol. The van der Waals surface area contributed by atoms with Crippen LogP contribution in [0.5, 0.6) is 17.2 Å². The molecule has 0 spiro atoms. The third-order valence-electron chi connectivity index (χ3n) is 5.66. The lowest BCUT2D eigenvalue weighted by atomic mass is 10.1. The first-order valence-electron chi connectivity index (χ1n) is 10.4. The fourth-order valence-corrected chi connectivity index (χ4v) is 3.98. The molecule has 1 aromatic heterocycles. The molecule has 1 amide bonds. The van der Waals surface area contributed by atoms with Gasteiger partial charge < -0.3 is 23.5 Å². The summed E-state index contributed by atoms with van der Waals surface area (Å²) in [5.74, 6) is 1.48. The van der Waals surface area contributed by atoms with Gasteiger partial charge in [-0.15, -0.1) is 0 Å². The number of rotatable bonds is 6. The lowest BCUT2D eigenvalue weighted by Gasteiger charge is -2.34. The number of carbonyl (C=O) groups is 1. The summed E-state index contributed by atoms with van der Waals surface area (Å²) in [5, 5.41) is 0.733. The Labute approximate surface area is 185 Å². The molecule has 0 radical (unpaired) electrons. The normalized spacial score (nSPS) is 14.4. The van der Waals surface area contributed by atoms with Crippen LogP contribution in [-0.4, -0.2) is 63.2 Å². The first kappa shape index (κ1) is 21.7. The SMILES string of the molecule is COc1cc(CN2CCN(C(=O)c3cc4ccccc4oc3=O)CC2)cc(OC)c1OC. The van der Waals surface area contributed by atoms with E-state index >= 15 is 0 Å². The summed E-state index contributed by atoms with van der Waals surface area (Å²) in [5.41, 5.74) is 0.967. The fraction of sp³-hybridized carbons (Fsp3) is 0.333. The number of fused-ring (bicyclic) bond motifs is 1. The average molecular weight is 438 g/mol. The molecule has 2 heterocycles. The van der Waals surface area contributed by atoms with Crippen LogP contribution in [0.2, 0.25) is 0 Å². The van der Waals surface area contributed by atoms with E-state index in [0.29, 0.717) is 55.6 Å². The van der Waals surface area contributed by atoms with E-state index in [2.05, 4.69) is 4.90 Å². The highest BCUT2D eigenvalue weighted by atomic mass is 16.5. The van der Waals surface area contributed by atoms with Crippen LogP contribution >= 0.6 is 0 Å². The number of hydrogen-bond donors (Lipinski definition) is 0. The van der Waals surface area contributed by atoms with Gasteiger partial charge in [0.2, 0.25) is 5.75 Å². The molecule has 1 fully saturated rings. The molecule has 8 heteroatoms. The molecule has 8 nitrogen and oxygen atoms in total. The van der Waals surface area contributed by atoms with E-state index in [0.717, 1.165) is 10.9 Å². The van der Waals surface area contributed by atoms with Crippen molar-refractivity contribution in [3.8, 4) is 17.2 Å². The lowest BCUT2D eigenvalue weighted by Crippen LogP contribution is -2.49. The summed E-state index contributed by atoms with van der Waals surface area (Å²) in [7, 11) is 4.76. The van der Waals surface area contributed by atoms with Gasteiger partial charge in [0.1, 0.15) is 11.1 Å². The Bertz CT molecular complexity index is 1160. The van der Waals surface area contributed by atoms with Gasteiger partial charge in [-0.1, -0.05) is 18.2 Å². The van der Waals surface area contributed by atoms with Crippen molar-refractivity contribution < 1.29 is 23.4 Å². The van der Waals surface area contributed by atoms with Crippen LogP contribution in [0.25, 0.3) is 11.0 Å². The molecule has 0 aliphatic carbocycles. The standard InChI is InChI=1S/C24H26N2O6/c1-29-20-12-16(13-21(30-2)22(20)31-3)15-25-8-10-26(11-9-25)23(27)18-14-17-6-4-5-7-19(17)32-24(18)28/h4-7,12-14H,8-11,15H2,1-3H3. The second-order valence-corrected chi connectivity index (χ2v) is 7.59. The molecule has 4 rings (SSSR count). The summed E-state index contributed by atoms with van der Waals surface area (Å²) in [6.45, 7) is 3.09. The molecule has 0 bridgehead atoms. The molecule has 0 unspecified atom stereocenters. The van der Waals surface area contributed by atoms with Crippen molar-refractivity contribution in [2.45, 2.75) is 6.54 Å². The van der Waals surface area contributed by atoms with Gasteiger partial charge in [-0.3, -0.25) is 9.69 Å². The quantitative estimate of drug-likeness (QED) is 0.548. The van der Waals surface area contributed by atoms with Crippen molar-refractivity contribution in [1.29, 1.82) is 0 Å². The Hall–Kier alpha value is -3.52. The van der Waals surface area contributed by atoms with E-state index < -0.39 is 5.63 Å². The number of nitrogens with zero attached hydrogens (tertiary/aromatic N) is 2. The van der Waals surface area contributed by atoms with Crippen molar-refractivity contribution in [3.05, 3.63) is 64.0 Å². The van der Waals surface area contributed by atoms with E-state index in [4.69, 9.17) is 18.6 Å². The highest BCUT2D eigenvalue weighted by molar-refractivity contribution is 5.96. The van der Waals surface area contributed by atoms with Gasteiger partial charge >= 0.3 is 5.63 Å². The lowest BCUT2D eigenvalue weighted by molar-refractivity contribution is 0.0624. The number of ether oxygens (including phenoxy) is 3. The maximum Gasteiger partial charge on any atom is 0.349 e. The van der Waals surface area contributed by atoms with Crippen molar-refractivity contribution in [3.63, 3.8) is 0 Å². The van der Waals surface area contributed by atoms with Gasteiger partial charge in [-0.25, -0.2) is 4.79 Å². The molecular formula is C24H26N2O6. The van der Waals surface area contributed by atoms with Crippen LogP contribution in [-0.2, 0) is 6.54 Å². The fourth-order valence-electron chi connectivity index (χ4n) is 3.98. The second-order valence-electron chi connectivity index (χ2n) is 7.59. The number of amides is 1. The number of methoxy groups -OCH3 is 3. The molecule has 0 atom stereocenters. The monoisotopic (exact) mass is 438 g/mol. The Balaban J connectivity index is 1.44. The molecule has 168 valence electrons. The van der Waals surface area contributed by atoms with Gasteiger partial charge in [-0.2, -0.15) is 0 Å². The molecule has 1 aliphatic heterocycles. The predicted octanol–water partition coefficient (Wildman–Crippen LogP) is 2.78. The van der Waals surface area contributed by atoms with Crippen LogP contribution in [0.15, 0.2) is 51.7 Å². The summed E-state index contributed by atoms with van der Waals surface area (Å²) >= 11 is 0. The van der Waals surface area contributed by atoms with E-state index in [1.807, 2.05) is 24.3 Å². The maximum atomic E-state index is 13.0. The molecule has 3 aromatic rings. The Morgan fingerprint density at radius 1 is 0.938 bits per heavy atom. The summed E-state index contributed by atoms with van der Waals surface area (Å²) in [6.07, 6.45) is 0. The number of piperazine rings is 1. The van der Waals surface area contributed by atoms with Crippen LogP contribution in [0.3, 0.4) is 0 Å². The summed E-state index contributed by atoms with van der Waals surface area (Å²) in [6, 6.07) is 12.7. The topological polar surface area (TPSA) is 81.5 Å². The molecule has 1 saturated heterocycles. The molecule has 1 aliphatic rings. The first-order valence-corrected chi connectivity index (χ1v) is 10.4. The van der Waals surface area contributed by atoms with Crippen LogP contribution in [0.1, 0.15) is 15.9 Å². The summed E-state index contributed by atoms with van der Waals surface area (Å²) < 4.78 is 21.6. The highest BCUT2D eigenvalue weighted by Crippen LogP contribution is 2.38. The van der Waals surface area contributed by atoms with Crippen molar-refractivity contribution in [2.75, 3.05) is 47.5 Å². The van der Waals surface area contributed by atoms with Crippen LogP contribution in [0.4, 0.5) is 0 Å². The molecule has 0 N–H and O–H groups in total.